The van der Waals surface area contributed by atoms with Gasteiger partial charge in [-0.2, -0.15) is 35.1 Å². The van der Waals surface area contributed by atoms with Crippen LogP contribution in [0.1, 0.15) is 26.7 Å². The fraction of sp³-hybridized carbons (Fsp3) is 0.667. The van der Waals surface area contributed by atoms with E-state index in [-0.39, 0.29) is 0 Å². The third kappa shape index (κ3) is 3.64. The van der Waals surface area contributed by atoms with Crippen molar-refractivity contribution in [2.24, 2.45) is 0 Å². The number of alkyl halides is 10. The lowest BCUT2D eigenvalue weighted by Gasteiger charge is -2.56. The molecule has 0 radical (unpaired) electrons. The highest BCUT2D eigenvalue weighted by molar-refractivity contribution is 5.81. The normalized spacial score (nSPS) is 31.6. The van der Waals surface area contributed by atoms with Crippen molar-refractivity contribution in [2.75, 3.05) is 0 Å². The van der Waals surface area contributed by atoms with Crippen molar-refractivity contribution in [3.8, 4) is 0 Å². The van der Waals surface area contributed by atoms with E-state index in [1.807, 2.05) is 0 Å². The largest absolute Gasteiger partial charge is 0.459 e. The van der Waals surface area contributed by atoms with Crippen LogP contribution < -0.4 is 0 Å². The molecule has 1 fully saturated rings. The molecule has 184 valence electrons. The first kappa shape index (κ1) is 27.8. The molecular weight excluding hydrogens is 470 g/mol. The maximum Gasteiger partial charge on any atom is 0.353 e. The first-order valence-electron chi connectivity index (χ1n) is 8.75. The summed E-state index contributed by atoms with van der Waals surface area (Å²) in [5.41, 5.74) is -12.1. The number of esters is 2. The van der Waals surface area contributed by atoms with Crippen LogP contribution in [0.2, 0.25) is 0 Å². The number of carbonyl (C=O) groups excluding carboxylic acids is 2. The van der Waals surface area contributed by atoms with Crippen molar-refractivity contribution in [3.63, 3.8) is 0 Å². The molecule has 0 aliphatic heterocycles. The van der Waals surface area contributed by atoms with Crippen LogP contribution in [0.3, 0.4) is 0 Å². The molecule has 0 bridgehead atoms. The number of carbonyl (C=O) groups is 2. The van der Waals surface area contributed by atoms with E-state index in [1.165, 1.54) is 0 Å². The highest BCUT2D eigenvalue weighted by Gasteiger charge is 2.99. The maximum absolute atomic E-state index is 14.9. The van der Waals surface area contributed by atoms with E-state index in [4.69, 9.17) is 0 Å². The molecule has 14 heteroatoms. The topological polar surface area (TPSA) is 52.6 Å². The van der Waals surface area contributed by atoms with Crippen LogP contribution in [0.4, 0.5) is 43.9 Å². The molecule has 0 aromatic rings. The Morgan fingerprint density at radius 1 is 0.656 bits per heavy atom. The second-order valence-electron chi connectivity index (χ2n) is 7.21. The summed E-state index contributed by atoms with van der Waals surface area (Å²) < 4.78 is 154. The SMILES string of the molecule is C=CC(=O)OC(C)CC1(F)C(F)(F)C(F)(F)C(F)(CC(C)OC(=O)C=C)C(F)(F)C1(F)F. The predicted octanol–water partition coefficient (Wildman–Crippen LogP) is 4.97. The van der Waals surface area contributed by atoms with E-state index >= 15 is 0 Å². The van der Waals surface area contributed by atoms with Crippen molar-refractivity contribution in [2.45, 2.75) is 73.9 Å². The van der Waals surface area contributed by atoms with Crippen molar-refractivity contribution < 1.29 is 63.0 Å². The maximum atomic E-state index is 14.9. The van der Waals surface area contributed by atoms with E-state index in [9.17, 15) is 53.5 Å². The van der Waals surface area contributed by atoms with Crippen LogP contribution in [0.15, 0.2) is 25.3 Å². The van der Waals surface area contributed by atoms with Crippen LogP contribution >= 0.6 is 0 Å². The Morgan fingerprint density at radius 3 is 1.06 bits per heavy atom. The fourth-order valence-corrected chi connectivity index (χ4v) is 3.27. The predicted molar refractivity (Wildman–Crippen MR) is 88.2 cm³/mol. The van der Waals surface area contributed by atoms with Crippen molar-refractivity contribution in [3.05, 3.63) is 25.3 Å². The van der Waals surface area contributed by atoms with E-state index in [1.54, 1.807) is 0 Å². The summed E-state index contributed by atoms with van der Waals surface area (Å²) >= 11 is 0. The van der Waals surface area contributed by atoms with Gasteiger partial charge in [0.1, 0.15) is 12.2 Å². The average molecular weight is 488 g/mol. The molecule has 1 aliphatic carbocycles. The Kier molecular flexibility index (Phi) is 7.16. The quantitative estimate of drug-likeness (QED) is 0.275. The summed E-state index contributed by atoms with van der Waals surface area (Å²) in [5.74, 6) is -29.9. The average Bonchev–Trinajstić information content (AvgIpc) is 2.65. The van der Waals surface area contributed by atoms with Gasteiger partial charge in [-0.1, -0.05) is 13.2 Å². The number of hydrogen-bond donors (Lipinski definition) is 0. The summed E-state index contributed by atoms with van der Waals surface area (Å²) in [6, 6.07) is 0. The molecule has 0 aromatic carbocycles. The lowest BCUT2D eigenvalue weighted by atomic mass is 9.64. The van der Waals surface area contributed by atoms with E-state index in [2.05, 4.69) is 22.6 Å². The van der Waals surface area contributed by atoms with Gasteiger partial charge in [-0.15, -0.1) is 0 Å². The van der Waals surface area contributed by atoms with Gasteiger partial charge in [-0.3, -0.25) is 0 Å². The molecule has 0 spiro atoms. The molecule has 0 N–H and O–H groups in total. The number of halogens is 10. The minimum Gasteiger partial charge on any atom is -0.459 e. The zero-order valence-corrected chi connectivity index (χ0v) is 16.6. The van der Waals surface area contributed by atoms with Gasteiger partial charge in [0.2, 0.25) is 0 Å². The van der Waals surface area contributed by atoms with Crippen LogP contribution in [0.5, 0.6) is 0 Å². The van der Waals surface area contributed by atoms with E-state index < -0.39 is 72.0 Å². The van der Waals surface area contributed by atoms with Gasteiger partial charge in [0.15, 0.2) is 0 Å². The monoisotopic (exact) mass is 488 g/mol. The molecule has 0 heterocycles. The molecule has 0 amide bonds. The first-order chi connectivity index (χ1) is 14.2. The summed E-state index contributed by atoms with van der Waals surface area (Å²) in [5, 5.41) is 0. The van der Waals surface area contributed by atoms with Gasteiger partial charge >= 0.3 is 35.6 Å². The summed E-state index contributed by atoms with van der Waals surface area (Å²) in [7, 11) is 0. The number of ether oxygens (including phenoxy) is 2. The third-order valence-electron chi connectivity index (χ3n) is 4.88. The summed E-state index contributed by atoms with van der Waals surface area (Å²) in [6.45, 7) is 6.69. The minimum absolute atomic E-state index is 0.375. The Morgan fingerprint density at radius 2 is 0.875 bits per heavy atom. The Balaban J connectivity index is 3.61. The highest BCUT2D eigenvalue weighted by atomic mass is 19.4. The molecule has 4 nitrogen and oxygen atoms in total. The van der Waals surface area contributed by atoms with Crippen molar-refractivity contribution in [1.82, 2.24) is 0 Å². The standard InChI is InChI=1S/C18H18F10O4/c1-5-11(29)31-9(3)7-13(19)15(21,22)17(25,26)14(20,18(27,28)16(13,23)24)8-10(4)32-12(30)6-2/h5-6,9-10H,1-2,7-8H2,3-4H3. The van der Waals surface area contributed by atoms with Gasteiger partial charge in [-0.25, -0.2) is 18.4 Å². The summed E-state index contributed by atoms with van der Waals surface area (Å²) in [6.07, 6.45) is -9.05. The number of hydrogen-bond acceptors (Lipinski definition) is 4. The van der Waals surface area contributed by atoms with Gasteiger partial charge < -0.3 is 9.47 Å². The molecule has 1 aliphatic rings. The van der Waals surface area contributed by atoms with Gasteiger partial charge in [0, 0.05) is 25.0 Å². The Bertz CT molecular complexity index is 688. The van der Waals surface area contributed by atoms with Crippen LogP contribution in [-0.2, 0) is 19.1 Å². The van der Waals surface area contributed by atoms with E-state index in [0.29, 0.717) is 26.0 Å². The molecule has 0 aromatic heterocycles. The molecule has 1 saturated carbocycles. The molecule has 2 unspecified atom stereocenters. The number of rotatable bonds is 8. The van der Waals surface area contributed by atoms with Gasteiger partial charge in [0.05, 0.1) is 0 Å². The molecule has 2 atom stereocenters. The fourth-order valence-electron chi connectivity index (χ4n) is 3.27. The highest BCUT2D eigenvalue weighted by Crippen LogP contribution is 2.70. The van der Waals surface area contributed by atoms with Crippen LogP contribution in [-0.4, -0.2) is 59.2 Å². The lowest BCUT2D eigenvalue weighted by molar-refractivity contribution is -0.464. The second kappa shape index (κ2) is 8.25. The second-order valence-corrected chi connectivity index (χ2v) is 7.21. The van der Waals surface area contributed by atoms with Gasteiger partial charge in [0.25, 0.3) is 11.3 Å². The van der Waals surface area contributed by atoms with Crippen LogP contribution in [0, 0.1) is 0 Å². The van der Waals surface area contributed by atoms with Crippen molar-refractivity contribution >= 4 is 11.9 Å². The zero-order valence-electron chi connectivity index (χ0n) is 16.6. The smallest absolute Gasteiger partial charge is 0.353 e. The lowest BCUT2D eigenvalue weighted by Crippen LogP contribution is -2.85. The van der Waals surface area contributed by atoms with E-state index in [0.717, 1.165) is 0 Å². The molecule has 32 heavy (non-hydrogen) atoms. The zero-order chi connectivity index (χ0) is 25.6. The third-order valence-corrected chi connectivity index (χ3v) is 4.88. The molecule has 1 rings (SSSR count). The van der Waals surface area contributed by atoms with Crippen molar-refractivity contribution in [1.29, 1.82) is 0 Å². The first-order valence-corrected chi connectivity index (χ1v) is 8.75. The van der Waals surface area contributed by atoms with Crippen LogP contribution in [0.25, 0.3) is 0 Å². The molecule has 0 saturated heterocycles. The minimum atomic E-state index is -6.74. The molecular formula is C18H18F10O4. The Labute approximate surface area is 175 Å². The summed E-state index contributed by atoms with van der Waals surface area (Å²) in [4.78, 5) is 22.1. The Hall–Kier alpha value is -2.28. The van der Waals surface area contributed by atoms with Gasteiger partial charge in [-0.05, 0) is 13.8 Å².